The number of amides is 1. The lowest BCUT2D eigenvalue weighted by atomic mass is 10.1. The highest BCUT2D eigenvalue weighted by molar-refractivity contribution is 8.00. The van der Waals surface area contributed by atoms with E-state index >= 15 is 0 Å². The van der Waals surface area contributed by atoms with Gasteiger partial charge < -0.3 is 9.73 Å². The predicted molar refractivity (Wildman–Crippen MR) is 103 cm³/mol. The van der Waals surface area contributed by atoms with Gasteiger partial charge >= 0.3 is 0 Å². The van der Waals surface area contributed by atoms with Crippen LogP contribution in [-0.4, -0.2) is 21.4 Å². The van der Waals surface area contributed by atoms with Crippen molar-refractivity contribution < 1.29 is 9.21 Å². The van der Waals surface area contributed by atoms with Crippen LogP contribution in [0.4, 0.5) is 0 Å². The standard InChI is InChI=1S/C20H21N3O2S/c1-13-9-10-17(11-14(13)2)19-22-23-20(25-19)26-15(3)18(24)21-12-16-7-5-4-6-8-16/h4-11,15H,12H2,1-3H3,(H,21,24)/t15-/m0/s1. The van der Waals surface area contributed by atoms with Gasteiger partial charge in [0, 0.05) is 12.1 Å². The van der Waals surface area contributed by atoms with Crippen molar-refractivity contribution in [3.05, 3.63) is 65.2 Å². The number of hydrogen-bond acceptors (Lipinski definition) is 5. The topological polar surface area (TPSA) is 68.0 Å². The molecule has 0 spiro atoms. The second kappa shape index (κ2) is 8.19. The van der Waals surface area contributed by atoms with Crippen LogP contribution < -0.4 is 5.32 Å². The lowest BCUT2D eigenvalue weighted by Crippen LogP contribution is -2.30. The van der Waals surface area contributed by atoms with Crippen LogP contribution in [0, 0.1) is 13.8 Å². The predicted octanol–water partition coefficient (Wildman–Crippen LogP) is 4.15. The van der Waals surface area contributed by atoms with Gasteiger partial charge in [-0.05, 0) is 49.6 Å². The van der Waals surface area contributed by atoms with E-state index in [2.05, 4.69) is 22.4 Å². The molecule has 1 heterocycles. The molecule has 0 saturated carbocycles. The van der Waals surface area contributed by atoms with Crippen LogP contribution in [0.25, 0.3) is 11.5 Å². The zero-order valence-electron chi connectivity index (χ0n) is 15.0. The monoisotopic (exact) mass is 367 g/mol. The maximum Gasteiger partial charge on any atom is 0.277 e. The van der Waals surface area contributed by atoms with Gasteiger partial charge in [0.1, 0.15) is 0 Å². The summed E-state index contributed by atoms with van der Waals surface area (Å²) in [6, 6.07) is 15.8. The van der Waals surface area contributed by atoms with Crippen molar-refractivity contribution >= 4 is 17.7 Å². The third-order valence-corrected chi connectivity index (χ3v) is 5.05. The third kappa shape index (κ3) is 4.52. The van der Waals surface area contributed by atoms with E-state index in [-0.39, 0.29) is 11.2 Å². The van der Waals surface area contributed by atoms with Gasteiger partial charge in [-0.25, -0.2) is 0 Å². The molecule has 0 aliphatic heterocycles. The van der Waals surface area contributed by atoms with Crippen LogP contribution in [0.1, 0.15) is 23.6 Å². The fourth-order valence-corrected chi connectivity index (χ4v) is 3.09. The maximum absolute atomic E-state index is 12.3. The number of thioether (sulfide) groups is 1. The SMILES string of the molecule is Cc1ccc(-c2nnc(S[C@@H](C)C(=O)NCc3ccccc3)o2)cc1C. The Morgan fingerprint density at radius 1 is 1.12 bits per heavy atom. The zero-order valence-corrected chi connectivity index (χ0v) is 15.8. The zero-order chi connectivity index (χ0) is 18.5. The van der Waals surface area contributed by atoms with E-state index in [0.717, 1.165) is 11.1 Å². The average Bonchev–Trinajstić information content (AvgIpc) is 3.11. The normalized spacial score (nSPS) is 12.0. The Morgan fingerprint density at radius 3 is 2.62 bits per heavy atom. The molecule has 1 atom stereocenters. The van der Waals surface area contributed by atoms with Crippen molar-refractivity contribution in [2.24, 2.45) is 0 Å². The van der Waals surface area contributed by atoms with E-state index in [0.29, 0.717) is 17.7 Å². The van der Waals surface area contributed by atoms with Gasteiger partial charge in [-0.3, -0.25) is 4.79 Å². The highest BCUT2D eigenvalue weighted by Gasteiger charge is 2.18. The Balaban J connectivity index is 1.59. The van der Waals surface area contributed by atoms with E-state index in [1.165, 1.54) is 22.9 Å². The van der Waals surface area contributed by atoms with Crippen LogP contribution in [0.15, 0.2) is 58.2 Å². The average molecular weight is 367 g/mol. The van der Waals surface area contributed by atoms with Crippen LogP contribution >= 0.6 is 11.8 Å². The molecule has 0 unspecified atom stereocenters. The summed E-state index contributed by atoms with van der Waals surface area (Å²) in [7, 11) is 0. The number of carbonyl (C=O) groups is 1. The quantitative estimate of drug-likeness (QED) is 0.663. The summed E-state index contributed by atoms with van der Waals surface area (Å²) in [6.07, 6.45) is 0. The molecule has 0 fully saturated rings. The first-order valence-electron chi connectivity index (χ1n) is 8.42. The number of carbonyl (C=O) groups excluding carboxylic acids is 1. The third-order valence-electron chi connectivity index (χ3n) is 4.12. The number of nitrogens with one attached hydrogen (secondary N) is 1. The van der Waals surface area contributed by atoms with E-state index in [1.807, 2.05) is 62.4 Å². The molecule has 0 aliphatic rings. The summed E-state index contributed by atoms with van der Waals surface area (Å²) in [4.78, 5) is 12.3. The molecule has 1 N–H and O–H groups in total. The molecule has 3 aromatic rings. The van der Waals surface area contributed by atoms with Crippen molar-refractivity contribution in [3.8, 4) is 11.5 Å². The lowest BCUT2D eigenvalue weighted by molar-refractivity contribution is -0.120. The van der Waals surface area contributed by atoms with Crippen LogP contribution in [0.2, 0.25) is 0 Å². The van der Waals surface area contributed by atoms with Gasteiger partial charge in [0.2, 0.25) is 11.8 Å². The molecule has 0 bridgehead atoms. The first kappa shape index (κ1) is 18.2. The van der Waals surface area contributed by atoms with Gasteiger partial charge in [0.15, 0.2) is 0 Å². The number of benzene rings is 2. The van der Waals surface area contributed by atoms with Gasteiger partial charge in [0.25, 0.3) is 5.22 Å². The first-order valence-corrected chi connectivity index (χ1v) is 9.30. The van der Waals surface area contributed by atoms with Crippen molar-refractivity contribution in [3.63, 3.8) is 0 Å². The number of aryl methyl sites for hydroxylation is 2. The molecule has 6 heteroatoms. The van der Waals surface area contributed by atoms with E-state index < -0.39 is 0 Å². The summed E-state index contributed by atoms with van der Waals surface area (Å²) in [5, 5.41) is 11.1. The minimum absolute atomic E-state index is 0.0650. The van der Waals surface area contributed by atoms with Gasteiger partial charge in [-0.1, -0.05) is 48.2 Å². The number of nitrogens with zero attached hydrogens (tertiary/aromatic N) is 2. The minimum atomic E-state index is -0.327. The fourth-order valence-electron chi connectivity index (χ4n) is 2.38. The van der Waals surface area contributed by atoms with Crippen LogP contribution in [0.3, 0.4) is 0 Å². The fraction of sp³-hybridized carbons (Fsp3) is 0.250. The van der Waals surface area contributed by atoms with E-state index in [9.17, 15) is 4.79 Å². The Morgan fingerprint density at radius 2 is 1.88 bits per heavy atom. The van der Waals surface area contributed by atoms with Crippen molar-refractivity contribution in [1.29, 1.82) is 0 Å². The Bertz CT molecular complexity index is 893. The second-order valence-electron chi connectivity index (χ2n) is 6.14. The van der Waals surface area contributed by atoms with Crippen LogP contribution in [-0.2, 0) is 11.3 Å². The number of rotatable bonds is 6. The Hall–Kier alpha value is -2.60. The Labute approximate surface area is 157 Å². The van der Waals surface area contributed by atoms with Crippen molar-refractivity contribution in [2.75, 3.05) is 0 Å². The highest BCUT2D eigenvalue weighted by atomic mass is 32.2. The molecule has 0 saturated heterocycles. The molecule has 26 heavy (non-hydrogen) atoms. The second-order valence-corrected chi connectivity index (χ2v) is 7.43. The molecule has 0 aliphatic carbocycles. The molecule has 3 rings (SSSR count). The molecule has 5 nitrogen and oxygen atoms in total. The molecular formula is C20H21N3O2S. The number of aromatic nitrogens is 2. The molecule has 2 aromatic carbocycles. The van der Waals surface area contributed by atoms with E-state index in [1.54, 1.807) is 0 Å². The van der Waals surface area contributed by atoms with Crippen LogP contribution in [0.5, 0.6) is 0 Å². The van der Waals surface area contributed by atoms with Gasteiger partial charge in [0.05, 0.1) is 5.25 Å². The Kier molecular flexibility index (Phi) is 5.73. The first-order chi connectivity index (χ1) is 12.5. The highest BCUT2D eigenvalue weighted by Crippen LogP contribution is 2.27. The summed E-state index contributed by atoms with van der Waals surface area (Å²) in [5.74, 6) is 0.400. The summed E-state index contributed by atoms with van der Waals surface area (Å²) >= 11 is 1.26. The van der Waals surface area contributed by atoms with Gasteiger partial charge in [-0.15, -0.1) is 10.2 Å². The summed E-state index contributed by atoms with van der Waals surface area (Å²) in [5.41, 5.74) is 4.33. The van der Waals surface area contributed by atoms with Gasteiger partial charge in [-0.2, -0.15) is 0 Å². The molecule has 134 valence electrons. The van der Waals surface area contributed by atoms with Crippen molar-refractivity contribution in [1.82, 2.24) is 15.5 Å². The molecule has 0 radical (unpaired) electrons. The lowest BCUT2D eigenvalue weighted by Gasteiger charge is -2.09. The van der Waals surface area contributed by atoms with Crippen molar-refractivity contribution in [2.45, 2.75) is 37.8 Å². The summed E-state index contributed by atoms with van der Waals surface area (Å²) in [6.45, 7) is 6.43. The largest absolute Gasteiger partial charge is 0.411 e. The summed E-state index contributed by atoms with van der Waals surface area (Å²) < 4.78 is 5.71. The minimum Gasteiger partial charge on any atom is -0.411 e. The molecule has 1 aromatic heterocycles. The maximum atomic E-state index is 12.3. The molecule has 1 amide bonds. The van der Waals surface area contributed by atoms with E-state index in [4.69, 9.17) is 4.42 Å². The smallest absolute Gasteiger partial charge is 0.277 e. The number of hydrogen-bond donors (Lipinski definition) is 1. The molecular weight excluding hydrogens is 346 g/mol.